The molecule has 9 heteroatoms. The van der Waals surface area contributed by atoms with Gasteiger partial charge >= 0.3 is 6.18 Å². The van der Waals surface area contributed by atoms with Crippen LogP contribution in [-0.2, 0) is 15.0 Å². The molecule has 0 aliphatic carbocycles. The maximum absolute atomic E-state index is 12.4. The van der Waals surface area contributed by atoms with Crippen LogP contribution in [0.25, 0.3) is 0 Å². The fraction of sp³-hybridized carbons (Fsp3) is 0.643. The third kappa shape index (κ3) is 4.66. The number of carbonyl (C=O) groups is 2. The molecule has 5 nitrogen and oxygen atoms in total. The van der Waals surface area contributed by atoms with Crippen molar-refractivity contribution in [2.45, 2.75) is 38.8 Å². The second kappa shape index (κ2) is 6.10. The van der Waals surface area contributed by atoms with Gasteiger partial charge in [-0.2, -0.15) is 13.2 Å². The van der Waals surface area contributed by atoms with Gasteiger partial charge in [0.15, 0.2) is 5.13 Å². The van der Waals surface area contributed by atoms with Gasteiger partial charge in [0.05, 0.1) is 11.6 Å². The molecular weight excluding hydrogens is 331 g/mol. The summed E-state index contributed by atoms with van der Waals surface area (Å²) in [6.45, 7) is 4.41. The molecule has 1 aromatic heterocycles. The number of anilines is 1. The number of nitrogens with zero attached hydrogens (tertiary/aromatic N) is 2. The summed E-state index contributed by atoms with van der Waals surface area (Å²) in [4.78, 5) is 28.7. The van der Waals surface area contributed by atoms with Crippen LogP contribution in [0.15, 0.2) is 5.38 Å². The van der Waals surface area contributed by atoms with Crippen molar-refractivity contribution in [3.63, 3.8) is 0 Å². The summed E-state index contributed by atoms with van der Waals surface area (Å²) < 4.78 is 37.1. The topological polar surface area (TPSA) is 62.3 Å². The Morgan fingerprint density at radius 1 is 1.43 bits per heavy atom. The van der Waals surface area contributed by atoms with Gasteiger partial charge in [0, 0.05) is 23.8 Å². The van der Waals surface area contributed by atoms with E-state index in [2.05, 4.69) is 10.3 Å². The molecule has 128 valence electrons. The van der Waals surface area contributed by atoms with Gasteiger partial charge in [0.1, 0.15) is 6.54 Å². The van der Waals surface area contributed by atoms with Crippen molar-refractivity contribution in [2.75, 3.05) is 18.4 Å². The molecule has 1 aromatic rings. The first-order chi connectivity index (χ1) is 10.5. The normalized spacial score (nSPS) is 19.3. The van der Waals surface area contributed by atoms with Gasteiger partial charge in [-0.15, -0.1) is 11.3 Å². The molecule has 0 radical (unpaired) electrons. The SMILES string of the molecule is CC(C)(C)c1csc(NC(=O)C2CC(=O)N(CC(F)(F)F)C2)n1. The molecule has 2 amide bonds. The van der Waals surface area contributed by atoms with Crippen molar-refractivity contribution >= 4 is 28.3 Å². The predicted molar refractivity (Wildman–Crippen MR) is 80.2 cm³/mol. The molecule has 0 spiro atoms. The van der Waals surface area contributed by atoms with Crippen LogP contribution in [0.4, 0.5) is 18.3 Å². The van der Waals surface area contributed by atoms with Crippen LogP contribution in [0, 0.1) is 5.92 Å². The van der Waals surface area contributed by atoms with Crippen LogP contribution >= 0.6 is 11.3 Å². The minimum Gasteiger partial charge on any atom is -0.333 e. The molecule has 1 unspecified atom stereocenters. The Labute approximate surface area is 135 Å². The highest BCUT2D eigenvalue weighted by molar-refractivity contribution is 7.13. The number of amides is 2. The van der Waals surface area contributed by atoms with Gasteiger partial charge in [0.2, 0.25) is 11.8 Å². The molecule has 0 bridgehead atoms. The van der Waals surface area contributed by atoms with Crippen molar-refractivity contribution in [1.82, 2.24) is 9.88 Å². The molecule has 23 heavy (non-hydrogen) atoms. The second-order valence-corrected chi connectivity index (χ2v) is 7.43. The Morgan fingerprint density at radius 2 is 2.09 bits per heavy atom. The van der Waals surface area contributed by atoms with Crippen LogP contribution in [0.1, 0.15) is 32.9 Å². The number of rotatable bonds is 3. The Hall–Kier alpha value is -1.64. The van der Waals surface area contributed by atoms with Crippen LogP contribution in [0.3, 0.4) is 0 Å². The summed E-state index contributed by atoms with van der Waals surface area (Å²) in [5, 5.41) is 4.80. The average Bonchev–Trinajstić information content (AvgIpc) is 2.95. The smallest absolute Gasteiger partial charge is 0.333 e. The molecular formula is C14H18F3N3O2S. The predicted octanol–water partition coefficient (Wildman–Crippen LogP) is 2.79. The van der Waals surface area contributed by atoms with Crippen LogP contribution in [0.2, 0.25) is 0 Å². The fourth-order valence-corrected chi connectivity index (χ4v) is 3.14. The van der Waals surface area contributed by atoms with Gasteiger partial charge in [-0.1, -0.05) is 20.8 Å². The Balaban J connectivity index is 1.97. The zero-order chi connectivity index (χ0) is 17.4. The van der Waals surface area contributed by atoms with Crippen molar-refractivity contribution in [3.05, 3.63) is 11.1 Å². The highest BCUT2D eigenvalue weighted by atomic mass is 32.1. The molecule has 1 atom stereocenters. The molecule has 1 saturated heterocycles. The lowest BCUT2D eigenvalue weighted by atomic mass is 9.93. The molecule has 1 aliphatic rings. The van der Waals surface area contributed by atoms with E-state index >= 15 is 0 Å². The molecule has 2 rings (SSSR count). The van der Waals surface area contributed by atoms with E-state index in [0.717, 1.165) is 5.69 Å². The number of hydrogen-bond donors (Lipinski definition) is 1. The van der Waals surface area contributed by atoms with Crippen molar-refractivity contribution in [1.29, 1.82) is 0 Å². The summed E-state index contributed by atoms with van der Waals surface area (Å²) in [7, 11) is 0. The van der Waals surface area contributed by atoms with E-state index in [9.17, 15) is 22.8 Å². The van der Waals surface area contributed by atoms with E-state index in [0.29, 0.717) is 10.0 Å². The lowest BCUT2D eigenvalue weighted by molar-refractivity contribution is -0.157. The minimum absolute atomic E-state index is 0.160. The van der Waals surface area contributed by atoms with Gasteiger partial charge in [0.25, 0.3) is 0 Å². The summed E-state index contributed by atoms with van der Waals surface area (Å²) in [5.41, 5.74) is 0.658. The minimum atomic E-state index is -4.46. The Morgan fingerprint density at radius 3 is 2.61 bits per heavy atom. The zero-order valence-electron chi connectivity index (χ0n) is 13.0. The number of alkyl halides is 3. The van der Waals surface area contributed by atoms with E-state index in [1.165, 1.54) is 11.3 Å². The molecule has 2 heterocycles. The lowest BCUT2D eigenvalue weighted by Crippen LogP contribution is -2.36. The fourth-order valence-electron chi connectivity index (χ4n) is 2.20. The van der Waals surface area contributed by atoms with E-state index in [1.54, 1.807) is 0 Å². The number of aromatic nitrogens is 1. The first-order valence-corrected chi connectivity index (χ1v) is 7.95. The highest BCUT2D eigenvalue weighted by Crippen LogP contribution is 2.28. The van der Waals surface area contributed by atoms with Gasteiger partial charge in [-0.25, -0.2) is 4.98 Å². The number of likely N-dealkylation sites (tertiary alicyclic amines) is 1. The van der Waals surface area contributed by atoms with E-state index in [4.69, 9.17) is 0 Å². The first-order valence-electron chi connectivity index (χ1n) is 7.07. The van der Waals surface area contributed by atoms with Gasteiger partial charge < -0.3 is 10.2 Å². The largest absolute Gasteiger partial charge is 0.406 e. The molecule has 1 aliphatic heterocycles. The quantitative estimate of drug-likeness (QED) is 0.913. The number of hydrogen-bond acceptors (Lipinski definition) is 4. The van der Waals surface area contributed by atoms with E-state index < -0.39 is 30.5 Å². The van der Waals surface area contributed by atoms with Crippen LogP contribution in [0.5, 0.6) is 0 Å². The van der Waals surface area contributed by atoms with Gasteiger partial charge in [-0.05, 0) is 0 Å². The molecule has 1 fully saturated rings. The van der Waals surface area contributed by atoms with Crippen molar-refractivity contribution in [2.24, 2.45) is 5.92 Å². The van der Waals surface area contributed by atoms with E-state index in [1.807, 2.05) is 26.2 Å². The summed E-state index contributed by atoms with van der Waals surface area (Å²) in [5.74, 6) is -1.92. The third-order valence-electron chi connectivity index (χ3n) is 3.46. The van der Waals surface area contributed by atoms with Crippen molar-refractivity contribution < 1.29 is 22.8 Å². The maximum Gasteiger partial charge on any atom is 0.406 e. The highest BCUT2D eigenvalue weighted by Gasteiger charge is 2.40. The monoisotopic (exact) mass is 349 g/mol. The van der Waals surface area contributed by atoms with Gasteiger partial charge in [-0.3, -0.25) is 9.59 Å². The van der Waals surface area contributed by atoms with E-state index in [-0.39, 0.29) is 18.4 Å². The standard InChI is InChI=1S/C14H18F3N3O2S/c1-13(2,3)9-6-23-12(18-9)19-11(22)8-4-10(21)20(5-8)7-14(15,16)17/h6,8H,4-5,7H2,1-3H3,(H,18,19,22). The number of carbonyl (C=O) groups excluding carboxylic acids is 2. The number of halogens is 3. The lowest BCUT2D eigenvalue weighted by Gasteiger charge is -2.18. The Kier molecular flexibility index (Phi) is 4.70. The molecule has 0 saturated carbocycles. The maximum atomic E-state index is 12.4. The summed E-state index contributed by atoms with van der Waals surface area (Å²) >= 11 is 1.25. The number of thiazole rings is 1. The van der Waals surface area contributed by atoms with Crippen LogP contribution < -0.4 is 5.32 Å². The number of nitrogens with one attached hydrogen (secondary N) is 1. The summed E-state index contributed by atoms with van der Waals surface area (Å²) in [6, 6.07) is 0. The Bertz CT molecular complexity index is 607. The summed E-state index contributed by atoms with van der Waals surface area (Å²) in [6.07, 6.45) is -4.67. The third-order valence-corrected chi connectivity index (χ3v) is 4.22. The molecule has 1 N–H and O–H groups in total. The zero-order valence-corrected chi connectivity index (χ0v) is 13.8. The first kappa shape index (κ1) is 17.7. The van der Waals surface area contributed by atoms with Crippen LogP contribution in [-0.4, -0.2) is 41.0 Å². The molecule has 0 aromatic carbocycles. The second-order valence-electron chi connectivity index (χ2n) is 6.57. The average molecular weight is 349 g/mol. The van der Waals surface area contributed by atoms with Crippen molar-refractivity contribution in [3.8, 4) is 0 Å².